The number of aliphatic hydroxyl groups is 1. The van der Waals surface area contributed by atoms with E-state index in [1.54, 1.807) is 13.1 Å². The van der Waals surface area contributed by atoms with Gasteiger partial charge >= 0.3 is 0 Å². The van der Waals surface area contributed by atoms with Crippen molar-refractivity contribution < 1.29 is 13.5 Å². The van der Waals surface area contributed by atoms with Gasteiger partial charge in [0, 0.05) is 25.1 Å². The van der Waals surface area contributed by atoms with Crippen LogP contribution in [-0.2, 0) is 10.0 Å². The SMILES string of the molecule is Cc1sc(Br)cc1S(=O)(=O)N(C)CCCCCO. The van der Waals surface area contributed by atoms with Crippen molar-refractivity contribution in [3.05, 3.63) is 14.7 Å². The number of unbranched alkanes of at least 4 members (excludes halogenated alkanes) is 2. The van der Waals surface area contributed by atoms with E-state index in [1.165, 1.54) is 15.6 Å². The van der Waals surface area contributed by atoms with Crippen molar-refractivity contribution in [1.82, 2.24) is 4.31 Å². The number of aliphatic hydroxyl groups excluding tert-OH is 1. The normalized spacial score (nSPS) is 12.3. The standard InChI is InChI=1S/C11H18BrNO3S2/c1-9-10(8-11(12)17-9)18(15,16)13(2)6-4-3-5-7-14/h8,14H,3-7H2,1-2H3. The summed E-state index contributed by atoms with van der Waals surface area (Å²) in [5, 5.41) is 8.67. The molecule has 0 aliphatic carbocycles. The van der Waals surface area contributed by atoms with Crippen molar-refractivity contribution >= 4 is 37.3 Å². The Bertz CT molecular complexity index is 484. The molecule has 1 heterocycles. The smallest absolute Gasteiger partial charge is 0.243 e. The lowest BCUT2D eigenvalue weighted by Crippen LogP contribution is -2.28. The summed E-state index contributed by atoms with van der Waals surface area (Å²) in [4.78, 5) is 1.17. The van der Waals surface area contributed by atoms with Gasteiger partial charge in [0.15, 0.2) is 0 Å². The Morgan fingerprint density at radius 2 is 2.06 bits per heavy atom. The van der Waals surface area contributed by atoms with Crippen molar-refractivity contribution in [1.29, 1.82) is 0 Å². The van der Waals surface area contributed by atoms with Crippen molar-refractivity contribution in [2.45, 2.75) is 31.1 Å². The van der Waals surface area contributed by atoms with E-state index in [1.807, 2.05) is 6.92 Å². The monoisotopic (exact) mass is 355 g/mol. The Labute approximate surface area is 121 Å². The van der Waals surface area contributed by atoms with Crippen LogP contribution in [0.2, 0.25) is 0 Å². The van der Waals surface area contributed by atoms with Crippen LogP contribution >= 0.6 is 27.3 Å². The zero-order valence-electron chi connectivity index (χ0n) is 10.5. The predicted octanol–water partition coefficient (Wildman–Crippen LogP) is 2.60. The minimum Gasteiger partial charge on any atom is -0.396 e. The van der Waals surface area contributed by atoms with Gasteiger partial charge in [0.25, 0.3) is 0 Å². The van der Waals surface area contributed by atoms with Gasteiger partial charge in [-0.05, 0) is 48.2 Å². The number of aryl methyl sites for hydroxylation is 1. The topological polar surface area (TPSA) is 57.6 Å². The highest BCUT2D eigenvalue weighted by atomic mass is 79.9. The molecule has 0 unspecified atom stereocenters. The van der Waals surface area contributed by atoms with E-state index in [4.69, 9.17) is 5.11 Å². The first kappa shape index (κ1) is 16.1. The van der Waals surface area contributed by atoms with E-state index >= 15 is 0 Å². The second-order valence-corrected chi connectivity index (χ2v) is 8.73. The molecule has 0 aliphatic rings. The van der Waals surface area contributed by atoms with Gasteiger partial charge in [-0.3, -0.25) is 0 Å². The van der Waals surface area contributed by atoms with Gasteiger partial charge in [-0.2, -0.15) is 0 Å². The van der Waals surface area contributed by atoms with Crippen LogP contribution in [0.4, 0.5) is 0 Å². The molecule has 104 valence electrons. The maximum absolute atomic E-state index is 12.3. The highest BCUT2D eigenvalue weighted by Crippen LogP contribution is 2.31. The fraction of sp³-hybridized carbons (Fsp3) is 0.636. The van der Waals surface area contributed by atoms with Gasteiger partial charge < -0.3 is 5.11 Å². The minimum absolute atomic E-state index is 0.160. The van der Waals surface area contributed by atoms with E-state index in [0.29, 0.717) is 11.4 Å². The van der Waals surface area contributed by atoms with Crippen LogP contribution in [0.5, 0.6) is 0 Å². The molecule has 0 atom stereocenters. The zero-order chi connectivity index (χ0) is 13.8. The molecule has 1 rings (SSSR count). The number of sulfonamides is 1. The Balaban J connectivity index is 2.71. The molecular weight excluding hydrogens is 338 g/mol. The molecule has 0 fully saturated rings. The lowest BCUT2D eigenvalue weighted by Gasteiger charge is -2.16. The number of thiophene rings is 1. The summed E-state index contributed by atoms with van der Waals surface area (Å²) in [5.41, 5.74) is 0. The fourth-order valence-corrected chi connectivity index (χ4v) is 5.19. The summed E-state index contributed by atoms with van der Waals surface area (Å²) < 4.78 is 26.8. The van der Waals surface area contributed by atoms with E-state index in [-0.39, 0.29) is 6.61 Å². The van der Waals surface area contributed by atoms with Gasteiger partial charge in [0.05, 0.1) is 8.68 Å². The molecule has 1 aromatic rings. The van der Waals surface area contributed by atoms with Crippen molar-refractivity contribution in [3.63, 3.8) is 0 Å². The molecule has 0 saturated heterocycles. The largest absolute Gasteiger partial charge is 0.396 e. The summed E-state index contributed by atoms with van der Waals surface area (Å²) in [6.07, 6.45) is 2.32. The number of halogens is 1. The maximum atomic E-state index is 12.3. The molecule has 0 saturated carbocycles. The number of hydrogen-bond donors (Lipinski definition) is 1. The van der Waals surface area contributed by atoms with Crippen LogP contribution in [0.15, 0.2) is 14.7 Å². The molecule has 0 radical (unpaired) electrons. The first-order chi connectivity index (χ1) is 8.39. The summed E-state index contributed by atoms with van der Waals surface area (Å²) >= 11 is 4.73. The summed E-state index contributed by atoms with van der Waals surface area (Å²) in [6, 6.07) is 1.65. The van der Waals surface area contributed by atoms with Crippen LogP contribution < -0.4 is 0 Å². The van der Waals surface area contributed by atoms with Gasteiger partial charge in [-0.15, -0.1) is 11.3 Å². The number of nitrogens with zero attached hydrogens (tertiary/aromatic N) is 1. The third-order valence-corrected chi connectivity index (χ3v) is 6.33. The highest BCUT2D eigenvalue weighted by molar-refractivity contribution is 9.11. The molecule has 1 aromatic heterocycles. The number of hydrogen-bond acceptors (Lipinski definition) is 4. The Hall–Kier alpha value is 0.0500. The number of rotatable bonds is 7. The summed E-state index contributed by atoms with van der Waals surface area (Å²) in [5.74, 6) is 0. The third-order valence-electron chi connectivity index (χ3n) is 2.66. The lowest BCUT2D eigenvalue weighted by atomic mass is 10.2. The average Bonchev–Trinajstić information content (AvgIpc) is 2.64. The van der Waals surface area contributed by atoms with Gasteiger partial charge in [-0.25, -0.2) is 12.7 Å². The van der Waals surface area contributed by atoms with Crippen LogP contribution in [0, 0.1) is 6.92 Å². The average molecular weight is 356 g/mol. The molecule has 0 aromatic carbocycles. The maximum Gasteiger partial charge on any atom is 0.243 e. The first-order valence-corrected chi connectivity index (χ1v) is 8.77. The van der Waals surface area contributed by atoms with Crippen molar-refractivity contribution in [2.75, 3.05) is 20.2 Å². The molecule has 1 N–H and O–H groups in total. The summed E-state index contributed by atoms with van der Waals surface area (Å²) in [7, 11) is -1.79. The van der Waals surface area contributed by atoms with E-state index in [0.717, 1.165) is 27.9 Å². The van der Waals surface area contributed by atoms with E-state index in [9.17, 15) is 8.42 Å². The molecule has 4 nitrogen and oxygen atoms in total. The molecule has 7 heteroatoms. The molecule has 0 spiro atoms. The zero-order valence-corrected chi connectivity index (χ0v) is 13.7. The highest BCUT2D eigenvalue weighted by Gasteiger charge is 2.24. The first-order valence-electron chi connectivity index (χ1n) is 5.72. The van der Waals surface area contributed by atoms with Crippen LogP contribution in [0.25, 0.3) is 0 Å². The fourth-order valence-electron chi connectivity index (χ4n) is 1.60. The van der Waals surface area contributed by atoms with Crippen LogP contribution in [-0.4, -0.2) is 38.0 Å². The van der Waals surface area contributed by atoms with E-state index < -0.39 is 10.0 Å². The molecule has 18 heavy (non-hydrogen) atoms. The molecular formula is C11H18BrNO3S2. The second kappa shape index (κ2) is 7.00. The molecule has 0 aliphatic heterocycles. The summed E-state index contributed by atoms with van der Waals surface area (Å²) in [6.45, 7) is 2.45. The Morgan fingerprint density at radius 1 is 1.39 bits per heavy atom. The quantitative estimate of drug-likeness (QED) is 0.764. The predicted molar refractivity (Wildman–Crippen MR) is 77.5 cm³/mol. The van der Waals surface area contributed by atoms with Crippen molar-refractivity contribution in [3.8, 4) is 0 Å². The van der Waals surface area contributed by atoms with Crippen LogP contribution in [0.1, 0.15) is 24.1 Å². The molecule has 0 amide bonds. The van der Waals surface area contributed by atoms with Crippen molar-refractivity contribution in [2.24, 2.45) is 0 Å². The Kier molecular flexibility index (Phi) is 6.26. The Morgan fingerprint density at radius 3 is 2.56 bits per heavy atom. The third kappa shape index (κ3) is 4.03. The molecule has 0 bridgehead atoms. The second-order valence-electron chi connectivity index (χ2n) is 4.08. The van der Waals surface area contributed by atoms with Gasteiger partial charge in [0.1, 0.15) is 0 Å². The minimum atomic E-state index is -3.38. The van der Waals surface area contributed by atoms with E-state index in [2.05, 4.69) is 15.9 Å². The van der Waals surface area contributed by atoms with Gasteiger partial charge in [-0.1, -0.05) is 0 Å². The van der Waals surface area contributed by atoms with Crippen LogP contribution in [0.3, 0.4) is 0 Å². The lowest BCUT2D eigenvalue weighted by molar-refractivity contribution is 0.281. The van der Waals surface area contributed by atoms with Gasteiger partial charge in [0.2, 0.25) is 10.0 Å².